The van der Waals surface area contributed by atoms with Gasteiger partial charge in [0, 0.05) is 12.7 Å². The molecule has 4 aromatic rings. The zero-order chi connectivity index (χ0) is 22.3. The molecule has 162 valence electrons. The molecular weight excluding hydrogens is 420 g/mol. The minimum atomic E-state index is -0.0151. The lowest BCUT2D eigenvalue weighted by molar-refractivity contribution is -0.115. The van der Waals surface area contributed by atoms with Crippen molar-refractivity contribution in [2.24, 2.45) is 0 Å². The molecule has 0 saturated carbocycles. The van der Waals surface area contributed by atoms with Crippen molar-refractivity contribution < 1.29 is 9.53 Å². The highest BCUT2D eigenvalue weighted by Gasteiger charge is 2.16. The summed E-state index contributed by atoms with van der Waals surface area (Å²) in [6, 6.07) is 27.2. The van der Waals surface area contributed by atoms with E-state index in [2.05, 4.69) is 22.3 Å². The van der Waals surface area contributed by atoms with Crippen molar-refractivity contribution in [1.29, 1.82) is 0 Å². The summed E-state index contributed by atoms with van der Waals surface area (Å²) < 4.78 is 7.85. The second kappa shape index (κ2) is 10.2. The quantitative estimate of drug-likeness (QED) is 0.350. The minimum Gasteiger partial charge on any atom is -0.457 e. The molecular formula is C25H24N4O2S. The maximum atomic E-state index is 12.8. The summed E-state index contributed by atoms with van der Waals surface area (Å²) in [5.41, 5.74) is 1.97. The smallest absolute Gasteiger partial charge is 0.237 e. The first-order valence-corrected chi connectivity index (χ1v) is 11.2. The lowest BCUT2D eigenvalue weighted by atomic mass is 10.2. The van der Waals surface area contributed by atoms with E-state index in [0.29, 0.717) is 6.54 Å². The van der Waals surface area contributed by atoms with E-state index in [1.54, 1.807) is 11.9 Å². The molecule has 0 aliphatic rings. The largest absolute Gasteiger partial charge is 0.457 e. The molecule has 0 aliphatic carbocycles. The number of hydrogen-bond donors (Lipinski definition) is 0. The van der Waals surface area contributed by atoms with Gasteiger partial charge in [0.2, 0.25) is 5.91 Å². The van der Waals surface area contributed by atoms with Crippen LogP contribution in [-0.4, -0.2) is 33.5 Å². The predicted molar refractivity (Wildman–Crippen MR) is 127 cm³/mol. The molecule has 1 aromatic heterocycles. The summed E-state index contributed by atoms with van der Waals surface area (Å²) in [5, 5.41) is 9.18. The van der Waals surface area contributed by atoms with E-state index in [4.69, 9.17) is 4.74 Å². The maximum Gasteiger partial charge on any atom is 0.237 e. The molecule has 0 fully saturated rings. The highest BCUT2D eigenvalue weighted by atomic mass is 32.2. The first-order valence-electron chi connectivity index (χ1n) is 10.3. The van der Waals surface area contributed by atoms with Gasteiger partial charge in [-0.05, 0) is 48.9 Å². The Bertz CT molecular complexity index is 1160. The van der Waals surface area contributed by atoms with Gasteiger partial charge in [0.1, 0.15) is 17.3 Å². The van der Waals surface area contributed by atoms with E-state index in [1.165, 1.54) is 17.3 Å². The van der Waals surface area contributed by atoms with Gasteiger partial charge < -0.3 is 14.2 Å². The molecule has 32 heavy (non-hydrogen) atoms. The Morgan fingerprint density at radius 2 is 1.53 bits per heavy atom. The van der Waals surface area contributed by atoms with Crippen LogP contribution in [0.2, 0.25) is 0 Å². The van der Waals surface area contributed by atoms with Crippen LogP contribution in [0, 0.1) is 6.92 Å². The van der Waals surface area contributed by atoms with Crippen LogP contribution in [0.1, 0.15) is 11.4 Å². The number of ether oxygens (including phenoxy) is 1. The number of nitrogens with zero attached hydrogens (tertiary/aromatic N) is 4. The van der Waals surface area contributed by atoms with Crippen molar-refractivity contribution in [3.8, 4) is 11.5 Å². The number of anilines is 1. The molecule has 0 unspecified atom stereocenters. The average molecular weight is 445 g/mol. The number of carbonyl (C=O) groups excluding carboxylic acids is 1. The Morgan fingerprint density at radius 1 is 0.906 bits per heavy atom. The number of hydrogen-bond acceptors (Lipinski definition) is 5. The molecule has 1 amide bonds. The van der Waals surface area contributed by atoms with Crippen LogP contribution in [0.25, 0.3) is 0 Å². The SMILES string of the molecule is Cc1nnc(SCC(=O)N(C)c2ccc(Oc3ccccc3)cc2)n1Cc1ccccc1. The molecule has 0 atom stereocenters. The zero-order valence-corrected chi connectivity index (χ0v) is 18.8. The third kappa shape index (κ3) is 5.36. The molecule has 7 heteroatoms. The second-order valence-corrected chi connectivity index (χ2v) is 8.19. The highest BCUT2D eigenvalue weighted by Crippen LogP contribution is 2.25. The van der Waals surface area contributed by atoms with Gasteiger partial charge in [0.25, 0.3) is 0 Å². The third-order valence-electron chi connectivity index (χ3n) is 4.99. The summed E-state index contributed by atoms with van der Waals surface area (Å²) in [6.45, 7) is 2.60. The van der Waals surface area contributed by atoms with Crippen LogP contribution in [0.5, 0.6) is 11.5 Å². The Hall–Kier alpha value is -3.58. The number of thioether (sulfide) groups is 1. The number of amides is 1. The minimum absolute atomic E-state index is 0.0151. The van der Waals surface area contributed by atoms with E-state index in [-0.39, 0.29) is 11.7 Å². The van der Waals surface area contributed by atoms with Gasteiger partial charge in [-0.1, -0.05) is 60.3 Å². The molecule has 1 heterocycles. The molecule has 0 radical (unpaired) electrons. The fraction of sp³-hybridized carbons (Fsp3) is 0.160. The second-order valence-electron chi connectivity index (χ2n) is 7.25. The van der Waals surface area contributed by atoms with E-state index < -0.39 is 0 Å². The Balaban J connectivity index is 1.36. The number of aromatic nitrogens is 3. The van der Waals surface area contributed by atoms with Crippen molar-refractivity contribution in [1.82, 2.24) is 14.8 Å². The maximum absolute atomic E-state index is 12.8. The Morgan fingerprint density at radius 3 is 2.22 bits per heavy atom. The van der Waals surface area contributed by atoms with Gasteiger partial charge in [-0.2, -0.15) is 0 Å². The van der Waals surface area contributed by atoms with Gasteiger partial charge in [-0.15, -0.1) is 10.2 Å². The van der Waals surface area contributed by atoms with Crippen LogP contribution in [0.15, 0.2) is 90.1 Å². The molecule has 0 spiro atoms. The highest BCUT2D eigenvalue weighted by molar-refractivity contribution is 7.99. The first-order chi connectivity index (χ1) is 15.6. The van der Waals surface area contributed by atoms with Crippen molar-refractivity contribution in [3.05, 3.63) is 96.3 Å². The van der Waals surface area contributed by atoms with Crippen LogP contribution < -0.4 is 9.64 Å². The number of aryl methyl sites for hydroxylation is 1. The van der Waals surface area contributed by atoms with Crippen molar-refractivity contribution in [2.75, 3.05) is 17.7 Å². The Labute approximate surface area is 191 Å². The summed E-state index contributed by atoms with van der Waals surface area (Å²) in [6.07, 6.45) is 0. The van der Waals surface area contributed by atoms with Crippen molar-refractivity contribution >= 4 is 23.4 Å². The molecule has 0 bridgehead atoms. The zero-order valence-electron chi connectivity index (χ0n) is 18.0. The molecule has 0 aliphatic heterocycles. The fourth-order valence-corrected chi connectivity index (χ4v) is 4.04. The summed E-state index contributed by atoms with van der Waals surface area (Å²) in [7, 11) is 1.77. The van der Waals surface area contributed by atoms with E-state index in [9.17, 15) is 4.79 Å². The Kier molecular flexibility index (Phi) is 6.87. The lowest BCUT2D eigenvalue weighted by Crippen LogP contribution is -2.28. The van der Waals surface area contributed by atoms with Crippen LogP contribution in [0.3, 0.4) is 0 Å². The van der Waals surface area contributed by atoms with E-state index >= 15 is 0 Å². The molecule has 3 aromatic carbocycles. The van der Waals surface area contributed by atoms with Gasteiger partial charge in [0.15, 0.2) is 5.16 Å². The van der Waals surface area contributed by atoms with E-state index in [1.807, 2.05) is 84.3 Å². The van der Waals surface area contributed by atoms with E-state index in [0.717, 1.165) is 28.2 Å². The molecule has 6 nitrogen and oxygen atoms in total. The van der Waals surface area contributed by atoms with Crippen LogP contribution in [0.4, 0.5) is 5.69 Å². The van der Waals surface area contributed by atoms with Gasteiger partial charge in [0.05, 0.1) is 12.3 Å². The lowest BCUT2D eigenvalue weighted by Gasteiger charge is -2.17. The number of benzene rings is 3. The van der Waals surface area contributed by atoms with Crippen LogP contribution in [-0.2, 0) is 11.3 Å². The van der Waals surface area contributed by atoms with Gasteiger partial charge >= 0.3 is 0 Å². The number of carbonyl (C=O) groups is 1. The number of para-hydroxylation sites is 1. The van der Waals surface area contributed by atoms with Crippen molar-refractivity contribution in [2.45, 2.75) is 18.6 Å². The average Bonchev–Trinajstić information content (AvgIpc) is 3.18. The first kappa shape index (κ1) is 21.6. The molecule has 0 saturated heterocycles. The normalized spacial score (nSPS) is 10.7. The standard InChI is InChI=1S/C25H24N4O2S/c1-19-26-27-25(29(19)17-20-9-5-3-6-10-20)32-18-24(30)28(2)21-13-15-23(16-14-21)31-22-11-7-4-8-12-22/h3-16H,17-18H2,1-2H3. The summed E-state index contributed by atoms with van der Waals surface area (Å²) >= 11 is 1.40. The fourth-order valence-electron chi connectivity index (χ4n) is 3.15. The van der Waals surface area contributed by atoms with Crippen molar-refractivity contribution in [3.63, 3.8) is 0 Å². The topological polar surface area (TPSA) is 60.3 Å². The molecule has 0 N–H and O–H groups in total. The molecule has 4 rings (SSSR count). The summed E-state index contributed by atoms with van der Waals surface area (Å²) in [4.78, 5) is 14.4. The number of rotatable bonds is 8. The predicted octanol–water partition coefficient (Wildman–Crippen LogP) is 5.18. The van der Waals surface area contributed by atoms with Crippen LogP contribution >= 0.6 is 11.8 Å². The summed E-state index contributed by atoms with van der Waals surface area (Å²) in [5.74, 6) is 2.58. The van der Waals surface area contributed by atoms with Gasteiger partial charge in [-0.3, -0.25) is 4.79 Å². The van der Waals surface area contributed by atoms with Gasteiger partial charge in [-0.25, -0.2) is 0 Å². The monoisotopic (exact) mass is 444 g/mol. The third-order valence-corrected chi connectivity index (χ3v) is 5.94.